The molecule has 0 aliphatic carbocycles. The number of hydrogen-bond acceptors (Lipinski definition) is 5. The van der Waals surface area contributed by atoms with E-state index >= 15 is 0 Å². The van der Waals surface area contributed by atoms with Crippen LogP contribution in [0, 0.1) is 41.5 Å². The molecule has 4 aromatic carbocycles. The van der Waals surface area contributed by atoms with Gasteiger partial charge in [-0.1, -0.05) is 6.07 Å². The van der Waals surface area contributed by atoms with E-state index in [4.69, 9.17) is 7.92 Å². The zero-order chi connectivity index (χ0) is 32.7. The van der Waals surface area contributed by atoms with Crippen molar-refractivity contribution in [3.05, 3.63) is 136 Å². The first kappa shape index (κ1) is 39.2. The normalized spacial score (nSPS) is 9.96. The van der Waals surface area contributed by atoms with Crippen LogP contribution in [0.1, 0.15) is 68.2 Å². The average Bonchev–Trinajstić information content (AvgIpc) is 2.98. The monoisotopic (exact) mass is 707 g/mol. The number of rotatable bonds is 6. The number of Topliss-reactive ketones (excluding diaryl/α,β-unsaturated/α-hetero) is 2. The van der Waals surface area contributed by atoms with Gasteiger partial charge in [-0.15, -0.1) is 0 Å². The van der Waals surface area contributed by atoms with Gasteiger partial charge < -0.3 is 24.8 Å². The van der Waals surface area contributed by atoms with Gasteiger partial charge in [0.25, 0.3) is 0 Å². The topological polar surface area (TPSA) is 71.8 Å². The molecule has 8 heteroatoms. The first-order valence-corrected chi connectivity index (χ1v) is 15.8. The predicted molar refractivity (Wildman–Crippen MR) is 181 cm³/mol. The molecule has 0 unspecified atom stereocenters. The number of carbonyl (C=O) groups excluding carboxylic acids is 2. The van der Waals surface area contributed by atoms with Crippen molar-refractivity contribution in [2.45, 2.75) is 55.4 Å². The Kier molecular flexibility index (Phi) is 14.9. The summed E-state index contributed by atoms with van der Waals surface area (Å²) in [6.45, 7) is 15.9. The van der Waals surface area contributed by atoms with Crippen molar-refractivity contribution < 1.29 is 49.0 Å². The van der Waals surface area contributed by atoms with Gasteiger partial charge in [-0.3, -0.25) is 9.59 Å². The number of halogens is 2. The predicted octanol–water partition coefficient (Wildman–Crippen LogP) is 4.78. The average molecular weight is 709 g/mol. The summed E-state index contributed by atoms with van der Waals surface area (Å²) in [6.07, 6.45) is 0. The quantitative estimate of drug-likeness (QED) is 0.189. The Morgan fingerprint density at radius 1 is 0.532 bits per heavy atom. The molecule has 5 aromatic rings. The van der Waals surface area contributed by atoms with Crippen LogP contribution in [0.25, 0.3) is 22.3 Å². The van der Waals surface area contributed by atoms with Crippen LogP contribution < -0.4 is 24.8 Å². The minimum absolute atomic E-state index is 0. The summed E-state index contributed by atoms with van der Waals surface area (Å²) in [7, 11) is 0. The largest absolute Gasteiger partial charge is 1.00 e. The van der Waals surface area contributed by atoms with Crippen LogP contribution in [0.5, 0.6) is 0 Å². The second-order valence-corrected chi connectivity index (χ2v) is 12.0. The van der Waals surface area contributed by atoms with E-state index in [9.17, 15) is 9.59 Å². The van der Waals surface area contributed by atoms with Gasteiger partial charge in [-0.25, -0.2) is 4.98 Å². The van der Waals surface area contributed by atoms with Crippen LogP contribution in [-0.2, 0) is 14.6 Å². The summed E-state index contributed by atoms with van der Waals surface area (Å²) in [4.78, 5) is 25.6. The van der Waals surface area contributed by atoms with Gasteiger partial charge in [0.15, 0.2) is 11.6 Å². The van der Waals surface area contributed by atoms with Crippen molar-refractivity contribution in [1.29, 1.82) is 0 Å². The molecule has 244 valence electrons. The van der Waals surface area contributed by atoms with Gasteiger partial charge in [-0.2, -0.15) is 0 Å². The molecule has 0 saturated heterocycles. The molecule has 0 amide bonds. The summed E-state index contributed by atoms with van der Waals surface area (Å²) >= 11 is 0.391. The number of benzene rings is 4. The molecule has 0 atom stereocenters. The molecule has 0 saturated carbocycles. The van der Waals surface area contributed by atoms with Gasteiger partial charge in [0.2, 0.25) is 0 Å². The third kappa shape index (κ3) is 10.0. The van der Waals surface area contributed by atoms with Crippen molar-refractivity contribution in [2.24, 2.45) is 7.92 Å². The minimum atomic E-state index is -0.127. The van der Waals surface area contributed by atoms with Crippen molar-refractivity contribution >= 4 is 22.9 Å². The van der Waals surface area contributed by atoms with Gasteiger partial charge in [0, 0.05) is 13.8 Å². The Balaban J connectivity index is 0.000000466. The number of ketones is 2. The first-order valence-electron chi connectivity index (χ1n) is 14.8. The van der Waals surface area contributed by atoms with E-state index in [1.54, 1.807) is 18.2 Å². The molecule has 0 spiro atoms. The van der Waals surface area contributed by atoms with Gasteiger partial charge in [-0.05, 0) is 12.1 Å². The second kappa shape index (κ2) is 17.8. The smallest absolute Gasteiger partial charge is 1.00 e. The van der Waals surface area contributed by atoms with Crippen LogP contribution in [0.4, 0.5) is 11.4 Å². The second-order valence-electron chi connectivity index (χ2n) is 11.3. The molecule has 0 N–H and O–H groups in total. The summed E-state index contributed by atoms with van der Waals surface area (Å²) in [6, 6.07) is 30.6. The summed E-state index contributed by atoms with van der Waals surface area (Å²) < 4.78 is 9.82. The van der Waals surface area contributed by atoms with Crippen LogP contribution in [0.2, 0.25) is 0 Å². The molecular weight excluding hydrogens is 669 g/mol. The molecule has 0 bridgehead atoms. The third-order valence-corrected chi connectivity index (χ3v) is 8.17. The summed E-state index contributed by atoms with van der Waals surface area (Å²) in [5, 5.41) is 0. The number of nitrogens with zero attached hydrogens (tertiary/aromatic N) is 3. The Morgan fingerprint density at radius 3 is 1.21 bits per heavy atom. The SMILES string of the molecule is CC(=O)c1cccc(C(C)=O)n1.Cc1cc(C)c(-c2ccccc2[N]=[Fe+2]=[N]c2ccccc2-c2c(C)cc(C)cc2C)c(C)c1.[Cl-].[Cl-]. The maximum absolute atomic E-state index is 10.8. The van der Waals surface area contributed by atoms with Crippen LogP contribution in [0.3, 0.4) is 0 Å². The molecule has 1 aromatic heterocycles. The zero-order valence-corrected chi connectivity index (χ0v) is 30.5. The maximum Gasteiger partial charge on any atom is -1.00 e. The molecular formula is C39H39Cl2FeN3O2. The van der Waals surface area contributed by atoms with Crippen LogP contribution in [0.15, 0.2) is 98.9 Å². The van der Waals surface area contributed by atoms with E-state index in [1.807, 2.05) is 12.1 Å². The van der Waals surface area contributed by atoms with Gasteiger partial charge >= 0.3 is 204 Å². The van der Waals surface area contributed by atoms with E-state index in [2.05, 4.69) is 107 Å². The van der Waals surface area contributed by atoms with Crippen LogP contribution in [-0.4, -0.2) is 16.6 Å². The molecule has 0 radical (unpaired) electrons. The van der Waals surface area contributed by atoms with Gasteiger partial charge in [0.05, 0.1) is 0 Å². The Hall–Kier alpha value is -3.93. The Morgan fingerprint density at radius 2 is 0.872 bits per heavy atom. The molecule has 5 nitrogen and oxygen atoms in total. The van der Waals surface area contributed by atoms with Gasteiger partial charge in [0.1, 0.15) is 11.4 Å². The standard InChI is InChI=1S/2C15H15N.C9H9NO2.2ClH.Fe/c2*1-10-8-11(2)15(12(3)9-10)13-6-4-5-7-14(13)16;1-6(11)8-4-3-5-9(10-8)7(2)12;;;/h2*4-9H,1-3H3;3-5H,1-2H3;2*1H;/q;;;;;+2/p-2. The van der Waals surface area contributed by atoms with Crippen molar-refractivity contribution in [2.75, 3.05) is 0 Å². The first-order chi connectivity index (χ1) is 21.5. The number of hydrogen-bond donors (Lipinski definition) is 0. The van der Waals surface area contributed by atoms with E-state index in [0.717, 1.165) is 11.4 Å². The fourth-order valence-corrected chi connectivity index (χ4v) is 6.36. The Labute approximate surface area is 296 Å². The molecule has 47 heavy (non-hydrogen) atoms. The third-order valence-electron chi connectivity index (χ3n) is 7.41. The fourth-order valence-electron chi connectivity index (χ4n) is 5.64. The Bertz CT molecular complexity index is 1800. The van der Waals surface area contributed by atoms with Crippen molar-refractivity contribution in [1.82, 2.24) is 4.98 Å². The minimum Gasteiger partial charge on any atom is -1.00 e. The fraction of sp³-hybridized carbons (Fsp3) is 0.205. The van der Waals surface area contributed by atoms with E-state index in [1.165, 1.54) is 69.5 Å². The molecule has 0 aliphatic rings. The van der Waals surface area contributed by atoms with Crippen molar-refractivity contribution in [3.8, 4) is 22.3 Å². The number of aryl methyl sites for hydroxylation is 6. The number of aromatic nitrogens is 1. The molecule has 0 fully saturated rings. The number of carbonyl (C=O) groups is 2. The zero-order valence-electron chi connectivity index (χ0n) is 27.9. The number of pyridine rings is 1. The summed E-state index contributed by atoms with van der Waals surface area (Å²) in [5.41, 5.74) is 15.2. The van der Waals surface area contributed by atoms with Crippen molar-refractivity contribution in [3.63, 3.8) is 0 Å². The maximum atomic E-state index is 10.8. The molecule has 0 aliphatic heterocycles. The van der Waals surface area contributed by atoms with E-state index in [-0.39, 0.29) is 36.4 Å². The van der Waals surface area contributed by atoms with E-state index in [0.29, 0.717) is 26.0 Å². The molecule has 5 rings (SSSR count). The summed E-state index contributed by atoms with van der Waals surface area (Å²) in [5.74, 6) is -0.254. The van der Waals surface area contributed by atoms with E-state index < -0.39 is 0 Å². The molecule has 1 heterocycles. The van der Waals surface area contributed by atoms with Crippen LogP contribution >= 0.6 is 0 Å².